The van der Waals surface area contributed by atoms with Gasteiger partial charge in [-0.1, -0.05) is 42.5 Å². The lowest BCUT2D eigenvalue weighted by Crippen LogP contribution is -2.19. The molecule has 0 bridgehead atoms. The van der Waals surface area contributed by atoms with Gasteiger partial charge in [0.1, 0.15) is 11.3 Å². The van der Waals surface area contributed by atoms with Crippen LogP contribution in [0, 0.1) is 0 Å². The largest absolute Gasteiger partial charge is 0.496 e. The number of carbonyl (C=O) groups is 1. The average Bonchev–Trinajstić information content (AvgIpc) is 2.77. The molecule has 0 unspecified atom stereocenters. The van der Waals surface area contributed by atoms with E-state index in [1.54, 1.807) is 31.1 Å². The van der Waals surface area contributed by atoms with E-state index in [1.165, 1.54) is 14.2 Å². The zero-order valence-corrected chi connectivity index (χ0v) is 17.5. The maximum atomic E-state index is 12.8. The minimum Gasteiger partial charge on any atom is -0.496 e. The summed E-state index contributed by atoms with van der Waals surface area (Å²) in [5, 5.41) is 0. The molecule has 3 aromatic rings. The summed E-state index contributed by atoms with van der Waals surface area (Å²) < 4.78 is 15.6. The molecule has 30 heavy (non-hydrogen) atoms. The number of hydrogen-bond acceptors (Lipinski definition) is 7. The minimum atomic E-state index is -0.487. The first-order chi connectivity index (χ1) is 14.5. The molecule has 0 aliphatic carbocycles. The van der Waals surface area contributed by atoms with Crippen molar-refractivity contribution in [2.45, 2.75) is 12.8 Å². The van der Waals surface area contributed by atoms with Gasteiger partial charge in [0, 0.05) is 19.7 Å². The lowest BCUT2D eigenvalue weighted by Gasteiger charge is -2.15. The SMILES string of the molecule is COC(=O)c1c(CCc2c(-c3ccccc3)nc(N(C)C)oc2=O)cccc1OC. The van der Waals surface area contributed by atoms with Crippen molar-refractivity contribution in [2.24, 2.45) is 0 Å². The molecule has 0 amide bonds. The van der Waals surface area contributed by atoms with Gasteiger partial charge in [-0.3, -0.25) is 0 Å². The number of methoxy groups -OCH3 is 2. The van der Waals surface area contributed by atoms with Crippen LogP contribution < -0.4 is 15.3 Å². The number of anilines is 1. The van der Waals surface area contributed by atoms with Crippen molar-refractivity contribution in [1.82, 2.24) is 4.98 Å². The van der Waals surface area contributed by atoms with Crippen molar-refractivity contribution < 1.29 is 18.7 Å². The third-order valence-electron chi connectivity index (χ3n) is 4.72. The van der Waals surface area contributed by atoms with Crippen LogP contribution in [-0.2, 0) is 17.6 Å². The third-order valence-corrected chi connectivity index (χ3v) is 4.72. The number of rotatable bonds is 7. The third kappa shape index (κ3) is 4.35. The molecular formula is C23H24N2O5. The molecule has 3 rings (SSSR count). The van der Waals surface area contributed by atoms with Crippen LogP contribution in [-0.4, -0.2) is 39.3 Å². The predicted octanol–water partition coefficient (Wildman–Crippen LogP) is 3.35. The monoisotopic (exact) mass is 408 g/mol. The van der Waals surface area contributed by atoms with Gasteiger partial charge in [0.05, 0.1) is 25.5 Å². The van der Waals surface area contributed by atoms with E-state index in [1.807, 2.05) is 36.4 Å². The van der Waals surface area contributed by atoms with Gasteiger partial charge in [-0.2, -0.15) is 4.98 Å². The molecule has 1 heterocycles. The molecule has 0 atom stereocenters. The fourth-order valence-corrected chi connectivity index (χ4v) is 3.22. The Morgan fingerprint density at radius 1 is 1.03 bits per heavy atom. The number of benzene rings is 2. The molecule has 0 aliphatic heterocycles. The van der Waals surface area contributed by atoms with Gasteiger partial charge < -0.3 is 18.8 Å². The second-order valence-corrected chi connectivity index (χ2v) is 6.86. The summed E-state index contributed by atoms with van der Waals surface area (Å²) >= 11 is 0. The van der Waals surface area contributed by atoms with E-state index in [4.69, 9.17) is 13.9 Å². The number of nitrogens with zero attached hydrogens (tertiary/aromatic N) is 2. The quantitative estimate of drug-likeness (QED) is 0.555. The van der Waals surface area contributed by atoms with Crippen molar-refractivity contribution in [3.63, 3.8) is 0 Å². The van der Waals surface area contributed by atoms with Crippen molar-refractivity contribution in [1.29, 1.82) is 0 Å². The topological polar surface area (TPSA) is 81.9 Å². The van der Waals surface area contributed by atoms with E-state index in [0.29, 0.717) is 35.4 Å². The number of hydrogen-bond donors (Lipinski definition) is 0. The fourth-order valence-electron chi connectivity index (χ4n) is 3.22. The van der Waals surface area contributed by atoms with E-state index in [0.717, 1.165) is 11.1 Å². The number of carbonyl (C=O) groups excluding carboxylic acids is 1. The zero-order chi connectivity index (χ0) is 21.7. The minimum absolute atomic E-state index is 0.235. The predicted molar refractivity (Wildman–Crippen MR) is 114 cm³/mol. The van der Waals surface area contributed by atoms with Crippen molar-refractivity contribution in [3.8, 4) is 17.0 Å². The Morgan fingerprint density at radius 2 is 1.77 bits per heavy atom. The first kappa shape index (κ1) is 21.1. The maximum Gasteiger partial charge on any atom is 0.344 e. The fraction of sp³-hybridized carbons (Fsp3) is 0.261. The lowest BCUT2D eigenvalue weighted by molar-refractivity contribution is 0.0595. The molecule has 7 heteroatoms. The molecule has 0 radical (unpaired) electrons. The highest BCUT2D eigenvalue weighted by Crippen LogP contribution is 2.27. The standard InChI is InChI=1S/C23H24N2O5/c1-25(2)23-24-20(16-9-6-5-7-10-16)17(21(26)30-23)14-13-15-11-8-12-18(28-3)19(15)22(27)29-4/h5-12H,13-14H2,1-4H3. The average molecular weight is 408 g/mol. The Kier molecular flexibility index (Phi) is 6.51. The second kappa shape index (κ2) is 9.26. The summed E-state index contributed by atoms with van der Waals surface area (Å²) in [5.41, 5.74) is 2.46. The van der Waals surface area contributed by atoms with Gasteiger partial charge >= 0.3 is 11.6 Å². The van der Waals surface area contributed by atoms with Crippen LogP contribution in [0.5, 0.6) is 5.75 Å². The summed E-state index contributed by atoms with van der Waals surface area (Å²) in [6.45, 7) is 0. The Morgan fingerprint density at radius 3 is 2.40 bits per heavy atom. The Labute approximate surface area is 174 Å². The Bertz CT molecular complexity index is 1090. The van der Waals surface area contributed by atoms with E-state index >= 15 is 0 Å². The van der Waals surface area contributed by atoms with Crippen LogP contribution >= 0.6 is 0 Å². The van der Waals surface area contributed by atoms with Gasteiger partial charge in [0.15, 0.2) is 0 Å². The van der Waals surface area contributed by atoms with Crippen molar-refractivity contribution in [2.75, 3.05) is 33.2 Å². The molecular weight excluding hydrogens is 384 g/mol. The number of aryl methyl sites for hydroxylation is 1. The van der Waals surface area contributed by atoms with Crippen LogP contribution in [0.1, 0.15) is 21.5 Å². The maximum absolute atomic E-state index is 12.8. The summed E-state index contributed by atoms with van der Waals surface area (Å²) in [6, 6.07) is 15.0. The molecule has 0 N–H and O–H groups in total. The van der Waals surface area contributed by atoms with Gasteiger partial charge in [0.2, 0.25) is 0 Å². The van der Waals surface area contributed by atoms with E-state index in [2.05, 4.69) is 4.98 Å². The summed E-state index contributed by atoms with van der Waals surface area (Å²) in [7, 11) is 6.35. The highest BCUT2D eigenvalue weighted by Gasteiger charge is 2.20. The normalized spacial score (nSPS) is 10.5. The lowest BCUT2D eigenvalue weighted by atomic mass is 9.97. The van der Waals surface area contributed by atoms with Crippen LogP contribution in [0.15, 0.2) is 57.7 Å². The van der Waals surface area contributed by atoms with Gasteiger partial charge in [-0.15, -0.1) is 0 Å². The van der Waals surface area contributed by atoms with Crippen LogP contribution in [0.2, 0.25) is 0 Å². The van der Waals surface area contributed by atoms with E-state index < -0.39 is 11.6 Å². The highest BCUT2D eigenvalue weighted by atomic mass is 16.5. The van der Waals surface area contributed by atoms with Gasteiger partial charge in [-0.25, -0.2) is 9.59 Å². The zero-order valence-electron chi connectivity index (χ0n) is 17.5. The molecule has 0 fully saturated rings. The van der Waals surface area contributed by atoms with Crippen LogP contribution in [0.4, 0.5) is 6.01 Å². The molecule has 7 nitrogen and oxygen atoms in total. The van der Waals surface area contributed by atoms with Crippen LogP contribution in [0.3, 0.4) is 0 Å². The molecule has 0 aliphatic rings. The Balaban J connectivity index is 2.05. The van der Waals surface area contributed by atoms with Crippen molar-refractivity contribution >= 4 is 12.0 Å². The summed E-state index contributed by atoms with van der Waals surface area (Å²) in [4.78, 5) is 31.3. The molecule has 2 aromatic carbocycles. The first-order valence-electron chi connectivity index (χ1n) is 9.47. The van der Waals surface area contributed by atoms with E-state index in [9.17, 15) is 9.59 Å². The first-order valence-corrected chi connectivity index (χ1v) is 9.47. The molecule has 0 spiro atoms. The number of aromatic nitrogens is 1. The Hall–Kier alpha value is -3.61. The smallest absolute Gasteiger partial charge is 0.344 e. The van der Waals surface area contributed by atoms with Gasteiger partial charge in [0.25, 0.3) is 6.01 Å². The second-order valence-electron chi connectivity index (χ2n) is 6.86. The van der Waals surface area contributed by atoms with Gasteiger partial charge in [-0.05, 0) is 24.5 Å². The molecule has 156 valence electrons. The van der Waals surface area contributed by atoms with Crippen LogP contribution in [0.25, 0.3) is 11.3 Å². The van der Waals surface area contributed by atoms with E-state index in [-0.39, 0.29) is 6.01 Å². The summed E-state index contributed by atoms with van der Waals surface area (Å²) in [5.74, 6) is -0.0606. The highest BCUT2D eigenvalue weighted by molar-refractivity contribution is 5.94. The number of esters is 1. The molecule has 1 aromatic heterocycles. The molecule has 0 saturated carbocycles. The number of ether oxygens (including phenoxy) is 2. The summed E-state index contributed by atoms with van der Waals surface area (Å²) in [6.07, 6.45) is 0.750. The van der Waals surface area contributed by atoms with Crippen molar-refractivity contribution in [3.05, 3.63) is 75.6 Å². The molecule has 0 saturated heterocycles.